The Kier molecular flexibility index (Phi) is 6.27. The van der Waals surface area contributed by atoms with Gasteiger partial charge in [-0.1, -0.05) is 0 Å². The summed E-state index contributed by atoms with van der Waals surface area (Å²) in [5, 5.41) is 19.3. The number of aromatic nitrogens is 2. The minimum Gasteiger partial charge on any atom is -0.389 e. The van der Waals surface area contributed by atoms with Crippen LogP contribution in [0.15, 0.2) is 0 Å². The number of rotatable bonds is 8. The molecule has 5 N–H and O–H groups in total. The molecule has 0 amide bonds. The molecular formula is C14H26F2N8O. The van der Waals surface area contributed by atoms with E-state index in [9.17, 15) is 13.9 Å². The lowest BCUT2D eigenvalue weighted by atomic mass is 10.1. The summed E-state index contributed by atoms with van der Waals surface area (Å²) in [5.74, 6) is 1.42. The minimum absolute atomic E-state index is 0.281. The van der Waals surface area contributed by atoms with Crippen LogP contribution in [0.4, 0.5) is 26.4 Å². The molecular weight excluding hydrogens is 334 g/mol. The fourth-order valence-electron chi connectivity index (χ4n) is 2.33. The first-order chi connectivity index (χ1) is 11.7. The van der Waals surface area contributed by atoms with Gasteiger partial charge in [0.2, 0.25) is 5.95 Å². The Balaban J connectivity index is 2.37. The SMILES string of the molecule is CNc1nc(NCC(C)(C)O)c2c(n1)N(NCC(F)F)CN(NC)C2. The molecule has 1 aromatic rings. The summed E-state index contributed by atoms with van der Waals surface area (Å²) in [5.41, 5.74) is 5.52. The van der Waals surface area contributed by atoms with Crippen molar-refractivity contribution >= 4 is 17.6 Å². The van der Waals surface area contributed by atoms with Gasteiger partial charge in [0, 0.05) is 20.1 Å². The van der Waals surface area contributed by atoms with Crippen molar-refractivity contribution in [2.75, 3.05) is 49.5 Å². The highest BCUT2D eigenvalue weighted by molar-refractivity contribution is 5.63. The number of alkyl halides is 2. The van der Waals surface area contributed by atoms with E-state index in [1.807, 2.05) is 5.01 Å². The molecule has 0 saturated heterocycles. The largest absolute Gasteiger partial charge is 0.389 e. The fourth-order valence-corrected chi connectivity index (χ4v) is 2.33. The monoisotopic (exact) mass is 360 g/mol. The van der Waals surface area contributed by atoms with Gasteiger partial charge in [-0.2, -0.15) is 9.97 Å². The lowest BCUT2D eigenvalue weighted by molar-refractivity contribution is 0.0943. The second-order valence-electron chi connectivity index (χ2n) is 6.36. The predicted octanol–water partition coefficient (Wildman–Crippen LogP) is 0.185. The number of fused-ring (bicyclic) bond motifs is 1. The van der Waals surface area contributed by atoms with Crippen molar-refractivity contribution in [3.05, 3.63) is 5.56 Å². The maximum atomic E-state index is 12.6. The summed E-state index contributed by atoms with van der Waals surface area (Å²) in [7, 11) is 3.43. The van der Waals surface area contributed by atoms with Crippen molar-refractivity contribution in [2.45, 2.75) is 32.4 Å². The maximum Gasteiger partial charge on any atom is 0.252 e. The molecule has 0 radical (unpaired) electrons. The topological polar surface area (TPSA) is 101 Å². The van der Waals surface area contributed by atoms with Crippen LogP contribution in [0.2, 0.25) is 0 Å². The third kappa shape index (κ3) is 5.33. The van der Waals surface area contributed by atoms with E-state index in [2.05, 4.69) is 31.5 Å². The molecule has 1 aromatic heterocycles. The zero-order valence-corrected chi connectivity index (χ0v) is 14.9. The van der Waals surface area contributed by atoms with Crippen LogP contribution in [0.3, 0.4) is 0 Å². The van der Waals surface area contributed by atoms with Gasteiger partial charge in [-0.15, -0.1) is 0 Å². The normalized spacial score (nSPS) is 15.4. The number of nitrogens with zero attached hydrogens (tertiary/aromatic N) is 4. The summed E-state index contributed by atoms with van der Waals surface area (Å²) >= 11 is 0. The fraction of sp³-hybridized carbons (Fsp3) is 0.714. The second-order valence-corrected chi connectivity index (χ2v) is 6.36. The molecule has 0 unspecified atom stereocenters. The number of nitrogens with one attached hydrogen (secondary N) is 4. The van der Waals surface area contributed by atoms with Crippen LogP contribution in [0.25, 0.3) is 0 Å². The number of halogens is 2. The van der Waals surface area contributed by atoms with E-state index in [1.54, 1.807) is 33.0 Å². The van der Waals surface area contributed by atoms with Crippen molar-refractivity contribution in [3.63, 3.8) is 0 Å². The Morgan fingerprint density at radius 2 is 2.00 bits per heavy atom. The van der Waals surface area contributed by atoms with Gasteiger partial charge in [0.1, 0.15) is 12.5 Å². The average molecular weight is 360 g/mol. The molecule has 9 nitrogen and oxygen atoms in total. The van der Waals surface area contributed by atoms with Crippen molar-refractivity contribution in [3.8, 4) is 0 Å². The maximum absolute atomic E-state index is 12.6. The van der Waals surface area contributed by atoms with Crippen LogP contribution in [-0.2, 0) is 6.54 Å². The van der Waals surface area contributed by atoms with E-state index in [0.29, 0.717) is 30.8 Å². The Bertz CT molecular complexity index is 581. The van der Waals surface area contributed by atoms with E-state index >= 15 is 0 Å². The van der Waals surface area contributed by atoms with Gasteiger partial charge >= 0.3 is 0 Å². The molecule has 0 spiro atoms. The first-order valence-electron chi connectivity index (χ1n) is 8.00. The number of hydrazine groups is 2. The lowest BCUT2D eigenvalue weighted by Crippen LogP contribution is -2.54. The predicted molar refractivity (Wildman–Crippen MR) is 92.3 cm³/mol. The molecule has 142 valence electrons. The molecule has 11 heteroatoms. The van der Waals surface area contributed by atoms with Crippen LogP contribution in [0.1, 0.15) is 19.4 Å². The number of anilines is 3. The average Bonchev–Trinajstić information content (AvgIpc) is 2.56. The highest BCUT2D eigenvalue weighted by Crippen LogP contribution is 2.30. The van der Waals surface area contributed by atoms with Crippen LogP contribution in [0.5, 0.6) is 0 Å². The highest BCUT2D eigenvalue weighted by atomic mass is 19.3. The molecule has 0 saturated carbocycles. The molecule has 25 heavy (non-hydrogen) atoms. The number of aliphatic hydroxyl groups is 1. The Morgan fingerprint density at radius 1 is 1.28 bits per heavy atom. The van der Waals surface area contributed by atoms with Gasteiger partial charge in [0.15, 0.2) is 5.82 Å². The molecule has 1 aliphatic rings. The molecule has 1 aliphatic heterocycles. The first kappa shape index (κ1) is 19.5. The van der Waals surface area contributed by atoms with Crippen molar-refractivity contribution < 1.29 is 13.9 Å². The zero-order valence-electron chi connectivity index (χ0n) is 14.9. The summed E-state index contributed by atoms with van der Waals surface area (Å²) in [6.45, 7) is 3.98. The first-order valence-corrected chi connectivity index (χ1v) is 8.00. The van der Waals surface area contributed by atoms with Crippen LogP contribution in [0, 0.1) is 0 Å². The zero-order chi connectivity index (χ0) is 18.6. The van der Waals surface area contributed by atoms with Gasteiger partial charge in [0.25, 0.3) is 6.43 Å². The molecule has 2 heterocycles. The second kappa shape index (κ2) is 8.04. The molecule has 2 rings (SSSR count). The van der Waals surface area contributed by atoms with E-state index in [1.165, 1.54) is 0 Å². The van der Waals surface area contributed by atoms with E-state index < -0.39 is 18.6 Å². The Labute approximate surface area is 145 Å². The molecule has 0 aliphatic carbocycles. The smallest absolute Gasteiger partial charge is 0.252 e. The number of hydrogen-bond donors (Lipinski definition) is 5. The van der Waals surface area contributed by atoms with E-state index in [4.69, 9.17) is 0 Å². The summed E-state index contributed by atoms with van der Waals surface area (Å²) in [4.78, 5) is 8.81. The Morgan fingerprint density at radius 3 is 2.56 bits per heavy atom. The highest BCUT2D eigenvalue weighted by Gasteiger charge is 2.28. The van der Waals surface area contributed by atoms with E-state index in [-0.39, 0.29) is 6.54 Å². The van der Waals surface area contributed by atoms with Gasteiger partial charge in [-0.3, -0.25) is 10.4 Å². The summed E-state index contributed by atoms with van der Waals surface area (Å²) in [6, 6.07) is 0. The molecule has 0 atom stereocenters. The standard InChI is InChI=1S/C14H26F2N8O/c1-14(2,25)7-19-11-9-6-23(18-4)8-24(20-5-10(15)16)12(9)22-13(17-3)21-11/h10,18,20,25H,5-8H2,1-4H3,(H2,17,19,21,22). The van der Waals surface area contributed by atoms with Gasteiger partial charge in [0.05, 0.1) is 17.7 Å². The lowest BCUT2D eigenvalue weighted by Gasteiger charge is -2.37. The molecule has 0 aromatic carbocycles. The van der Waals surface area contributed by atoms with Gasteiger partial charge in [-0.05, 0) is 20.9 Å². The third-order valence-electron chi connectivity index (χ3n) is 3.57. The summed E-state index contributed by atoms with van der Waals surface area (Å²) in [6.07, 6.45) is -2.48. The Hall–Kier alpha value is -1.82. The van der Waals surface area contributed by atoms with E-state index in [0.717, 1.165) is 5.56 Å². The van der Waals surface area contributed by atoms with Crippen molar-refractivity contribution in [1.82, 2.24) is 25.8 Å². The van der Waals surface area contributed by atoms with Crippen LogP contribution < -0.4 is 26.5 Å². The summed E-state index contributed by atoms with van der Waals surface area (Å²) < 4.78 is 25.2. The third-order valence-corrected chi connectivity index (χ3v) is 3.57. The molecule has 0 bridgehead atoms. The van der Waals surface area contributed by atoms with Gasteiger partial charge < -0.3 is 15.7 Å². The number of hydrogen-bond acceptors (Lipinski definition) is 9. The van der Waals surface area contributed by atoms with Crippen LogP contribution in [-0.4, -0.2) is 66.0 Å². The minimum atomic E-state index is -2.48. The molecule has 0 fully saturated rings. The quantitative estimate of drug-likeness (QED) is 0.445. The van der Waals surface area contributed by atoms with Crippen molar-refractivity contribution in [2.24, 2.45) is 0 Å². The van der Waals surface area contributed by atoms with Gasteiger partial charge in [-0.25, -0.2) is 19.2 Å². The van der Waals surface area contributed by atoms with Crippen LogP contribution >= 0.6 is 0 Å². The van der Waals surface area contributed by atoms with Crippen molar-refractivity contribution in [1.29, 1.82) is 0 Å².